The number of alkyl halides is 3. The Balaban J connectivity index is 1.93. The van der Waals surface area contributed by atoms with Gasteiger partial charge < -0.3 is 4.74 Å². The number of hydrogen-bond donors (Lipinski definition) is 0. The van der Waals surface area contributed by atoms with Crippen molar-refractivity contribution in [2.45, 2.75) is 65.5 Å². The summed E-state index contributed by atoms with van der Waals surface area (Å²) >= 11 is 0. The molecule has 2 aliphatic carbocycles. The largest absolute Gasteiger partial charge is 0.450 e. The molecule has 0 radical (unpaired) electrons. The summed E-state index contributed by atoms with van der Waals surface area (Å²) in [6.45, 7) is 7.88. The molecule has 6 heteroatoms. The maximum Gasteiger partial charge on any atom is 0.416 e. The Kier molecular flexibility index (Phi) is 4.57. The highest BCUT2D eigenvalue weighted by Crippen LogP contribution is 2.54. The maximum absolute atomic E-state index is 13.4. The van der Waals surface area contributed by atoms with E-state index in [1.54, 1.807) is 6.07 Å². The van der Waals surface area contributed by atoms with Crippen LogP contribution >= 0.6 is 0 Å². The van der Waals surface area contributed by atoms with Crippen LogP contribution in [0.5, 0.6) is 0 Å². The van der Waals surface area contributed by atoms with E-state index in [1.807, 2.05) is 27.7 Å². The number of halogens is 3. The highest BCUT2D eigenvalue weighted by molar-refractivity contribution is 6.01. The third-order valence-corrected chi connectivity index (χ3v) is 6.15. The lowest BCUT2D eigenvalue weighted by Crippen LogP contribution is -2.37. The van der Waals surface area contributed by atoms with Gasteiger partial charge in [0.2, 0.25) is 0 Å². The Hall–Kier alpha value is -2.37. The number of ketones is 2. The normalized spacial score (nSPS) is 23.8. The van der Waals surface area contributed by atoms with E-state index in [1.165, 1.54) is 6.07 Å². The van der Waals surface area contributed by atoms with Gasteiger partial charge in [0.25, 0.3) is 0 Å². The van der Waals surface area contributed by atoms with Crippen molar-refractivity contribution in [3.8, 4) is 0 Å². The lowest BCUT2D eigenvalue weighted by Gasteiger charge is -2.43. The van der Waals surface area contributed by atoms with Crippen LogP contribution in [0.2, 0.25) is 0 Å². The highest BCUT2D eigenvalue weighted by atomic mass is 19.4. The number of rotatable bonds is 1. The quantitative estimate of drug-likeness (QED) is 0.553. The van der Waals surface area contributed by atoms with Crippen LogP contribution in [-0.2, 0) is 20.5 Å². The van der Waals surface area contributed by atoms with Crippen molar-refractivity contribution < 1.29 is 27.5 Å². The molecule has 0 fully saturated rings. The average Bonchev–Trinajstić information content (AvgIpc) is 2.58. The van der Waals surface area contributed by atoms with Gasteiger partial charge in [-0.25, -0.2) is 0 Å². The fourth-order valence-electron chi connectivity index (χ4n) is 5.03. The van der Waals surface area contributed by atoms with Gasteiger partial charge in [-0.1, -0.05) is 45.9 Å². The molecule has 1 aliphatic heterocycles. The first-order chi connectivity index (χ1) is 13.8. The highest BCUT2D eigenvalue weighted by Gasteiger charge is 2.47. The molecule has 1 aromatic rings. The zero-order chi connectivity index (χ0) is 22.1. The third kappa shape index (κ3) is 3.61. The van der Waals surface area contributed by atoms with Crippen molar-refractivity contribution in [2.24, 2.45) is 10.8 Å². The standard InChI is InChI=1S/C24H25F3O3/c1-22(2)9-15-19(13-6-5-7-14(8-13)24(25,26)27)16-10-23(3,4)12-18(29)21(16)30-20(15)17(28)11-22/h5-8,19H,9-12H2,1-4H3. The van der Waals surface area contributed by atoms with Crippen molar-refractivity contribution in [1.82, 2.24) is 0 Å². The molecular weight excluding hydrogens is 393 g/mol. The number of benzene rings is 1. The van der Waals surface area contributed by atoms with Gasteiger partial charge in [-0.2, -0.15) is 13.2 Å². The van der Waals surface area contributed by atoms with Crippen molar-refractivity contribution >= 4 is 11.6 Å². The smallest absolute Gasteiger partial charge is 0.416 e. The minimum absolute atomic E-state index is 0.156. The van der Waals surface area contributed by atoms with Gasteiger partial charge in [0.05, 0.1) is 5.56 Å². The number of carbonyl (C=O) groups excluding carboxylic acids is 2. The van der Waals surface area contributed by atoms with Crippen LogP contribution in [0.1, 0.15) is 70.4 Å². The van der Waals surface area contributed by atoms with Crippen molar-refractivity contribution in [3.05, 3.63) is 58.1 Å². The summed E-state index contributed by atoms with van der Waals surface area (Å²) < 4.78 is 46.1. The monoisotopic (exact) mass is 418 g/mol. The lowest BCUT2D eigenvalue weighted by molar-refractivity contribution is -0.137. The molecule has 0 atom stereocenters. The van der Waals surface area contributed by atoms with Crippen LogP contribution in [-0.4, -0.2) is 11.6 Å². The molecule has 160 valence electrons. The Morgan fingerprint density at radius 1 is 0.867 bits per heavy atom. The molecule has 0 saturated carbocycles. The van der Waals surface area contributed by atoms with E-state index < -0.39 is 17.7 Å². The van der Waals surface area contributed by atoms with E-state index >= 15 is 0 Å². The van der Waals surface area contributed by atoms with Crippen LogP contribution in [0.25, 0.3) is 0 Å². The van der Waals surface area contributed by atoms with E-state index in [-0.39, 0.29) is 46.8 Å². The van der Waals surface area contributed by atoms with Crippen LogP contribution in [0.4, 0.5) is 13.2 Å². The second-order valence-corrected chi connectivity index (χ2v) is 10.2. The molecule has 3 nitrogen and oxygen atoms in total. The molecule has 4 rings (SSSR count). The summed E-state index contributed by atoms with van der Waals surface area (Å²) in [5.41, 5.74) is 0.443. The predicted molar refractivity (Wildman–Crippen MR) is 105 cm³/mol. The predicted octanol–water partition coefficient (Wildman–Crippen LogP) is 6.11. The Bertz CT molecular complexity index is 957. The summed E-state index contributed by atoms with van der Waals surface area (Å²) in [7, 11) is 0. The van der Waals surface area contributed by atoms with Gasteiger partial charge >= 0.3 is 6.18 Å². The van der Waals surface area contributed by atoms with Crippen LogP contribution < -0.4 is 0 Å². The molecule has 0 unspecified atom stereocenters. The second kappa shape index (κ2) is 6.56. The fraction of sp³-hybridized carbons (Fsp3) is 0.500. The molecule has 1 aromatic carbocycles. The number of ether oxygens (including phenoxy) is 1. The topological polar surface area (TPSA) is 43.4 Å². The van der Waals surface area contributed by atoms with Gasteiger partial charge in [0, 0.05) is 18.8 Å². The first-order valence-electron chi connectivity index (χ1n) is 10.1. The molecule has 0 N–H and O–H groups in total. The molecule has 30 heavy (non-hydrogen) atoms. The number of allylic oxidation sites excluding steroid dienone is 4. The van der Waals surface area contributed by atoms with Crippen LogP contribution in [0.15, 0.2) is 46.9 Å². The van der Waals surface area contributed by atoms with Crippen molar-refractivity contribution in [2.75, 3.05) is 0 Å². The van der Waals surface area contributed by atoms with Gasteiger partial charge in [0.15, 0.2) is 23.1 Å². The summed E-state index contributed by atoms with van der Waals surface area (Å²) in [5.74, 6) is -0.630. The summed E-state index contributed by atoms with van der Waals surface area (Å²) in [6, 6.07) is 5.22. The summed E-state index contributed by atoms with van der Waals surface area (Å²) in [4.78, 5) is 25.7. The van der Waals surface area contributed by atoms with Crippen molar-refractivity contribution in [3.63, 3.8) is 0 Å². The summed E-state index contributed by atoms with van der Waals surface area (Å²) in [5, 5.41) is 0. The minimum Gasteiger partial charge on any atom is -0.450 e. The first kappa shape index (κ1) is 20.9. The lowest BCUT2D eigenvalue weighted by atomic mass is 9.64. The molecule has 0 saturated heterocycles. The van der Waals surface area contributed by atoms with Crippen LogP contribution in [0, 0.1) is 10.8 Å². The SMILES string of the molecule is CC1(C)CC(=O)C2=C(C1)C(c1cccc(C(F)(F)F)c1)C1=C(O2)C(=O)CC(C)(C)C1. The number of carbonyl (C=O) groups is 2. The maximum atomic E-state index is 13.4. The second-order valence-electron chi connectivity index (χ2n) is 10.2. The zero-order valence-electron chi connectivity index (χ0n) is 17.6. The molecule has 0 aromatic heterocycles. The summed E-state index contributed by atoms with van der Waals surface area (Å²) in [6.07, 6.45) is -2.85. The van der Waals surface area contributed by atoms with Gasteiger partial charge in [0.1, 0.15) is 0 Å². The van der Waals surface area contributed by atoms with E-state index in [9.17, 15) is 22.8 Å². The van der Waals surface area contributed by atoms with Gasteiger partial charge in [-0.05, 0) is 46.4 Å². The third-order valence-electron chi connectivity index (χ3n) is 6.15. The number of hydrogen-bond acceptors (Lipinski definition) is 3. The zero-order valence-corrected chi connectivity index (χ0v) is 17.6. The van der Waals surface area contributed by atoms with E-state index in [4.69, 9.17) is 4.74 Å². The number of Topliss-reactive ketones (excluding diaryl/α,β-unsaturated/α-hetero) is 2. The van der Waals surface area contributed by atoms with E-state index in [0.717, 1.165) is 12.1 Å². The van der Waals surface area contributed by atoms with Crippen LogP contribution in [0.3, 0.4) is 0 Å². The molecule has 0 spiro atoms. The van der Waals surface area contributed by atoms with E-state index in [2.05, 4.69) is 0 Å². The van der Waals surface area contributed by atoms with E-state index in [0.29, 0.717) is 29.6 Å². The molecule has 3 aliphatic rings. The van der Waals surface area contributed by atoms with Gasteiger partial charge in [-0.3, -0.25) is 9.59 Å². The fourth-order valence-corrected chi connectivity index (χ4v) is 5.03. The molecule has 0 amide bonds. The van der Waals surface area contributed by atoms with Gasteiger partial charge in [-0.15, -0.1) is 0 Å². The van der Waals surface area contributed by atoms with Crippen molar-refractivity contribution in [1.29, 1.82) is 0 Å². The molecule has 0 bridgehead atoms. The Morgan fingerprint density at radius 3 is 1.83 bits per heavy atom. The first-order valence-corrected chi connectivity index (χ1v) is 10.1. The average molecular weight is 418 g/mol. The minimum atomic E-state index is -4.47. The molecular formula is C24H25F3O3. The molecule has 1 heterocycles. The Labute approximate surface area is 174 Å². The Morgan fingerprint density at radius 2 is 1.37 bits per heavy atom.